The second-order valence-corrected chi connectivity index (χ2v) is 10.2. The van der Waals surface area contributed by atoms with Crippen LogP contribution >= 0.6 is 24.4 Å². The number of rotatable bonds is 15. The van der Waals surface area contributed by atoms with Crippen LogP contribution in [0.25, 0.3) is 0 Å². The predicted octanol–water partition coefficient (Wildman–Crippen LogP) is 0.432. The Morgan fingerprint density at radius 1 is 0.795 bits per heavy atom. The minimum atomic E-state index is -1.32. The van der Waals surface area contributed by atoms with E-state index in [9.17, 15) is 34.5 Å². The smallest absolute Gasteiger partial charge is 0.326 e. The normalized spacial score (nSPS) is 13.9. The molecule has 0 heterocycles. The third-order valence-electron chi connectivity index (χ3n) is 5.79. The number of carboxylic acid groups (broad SMARTS) is 1. The standard InChI is InChI=1S/C26H34N4O7S2/c1-39-11-10-19(27)23(33)30-22(14-38)25(35)28-20(12-15-2-6-17(31)7-3-15)24(34)29-21(26(36)37)13-16-4-8-18(32)9-5-16/h2-9,19-22,31-32,38H,10-14,27H2,1H3,(H,28,35)(H,29,34)(H,30,33)(H,36,37). The van der Waals surface area contributed by atoms with Gasteiger partial charge in [0, 0.05) is 18.6 Å². The first-order valence-electron chi connectivity index (χ1n) is 12.1. The van der Waals surface area contributed by atoms with E-state index in [4.69, 9.17) is 5.73 Å². The van der Waals surface area contributed by atoms with Gasteiger partial charge in [-0.15, -0.1) is 0 Å². The van der Waals surface area contributed by atoms with Gasteiger partial charge in [0.25, 0.3) is 0 Å². The van der Waals surface area contributed by atoms with Crippen LogP contribution < -0.4 is 21.7 Å². The summed E-state index contributed by atoms with van der Waals surface area (Å²) in [5.41, 5.74) is 7.04. The fraction of sp³-hybridized carbons (Fsp3) is 0.385. The Hall–Kier alpha value is -3.42. The van der Waals surface area contributed by atoms with Crippen molar-refractivity contribution in [2.75, 3.05) is 17.8 Å². The van der Waals surface area contributed by atoms with Crippen LogP contribution in [-0.4, -0.2) is 80.9 Å². The highest BCUT2D eigenvalue weighted by molar-refractivity contribution is 7.98. The Bertz CT molecular complexity index is 1120. The van der Waals surface area contributed by atoms with Crippen molar-refractivity contribution in [1.82, 2.24) is 16.0 Å². The van der Waals surface area contributed by atoms with Crippen LogP contribution in [0.4, 0.5) is 0 Å². The van der Waals surface area contributed by atoms with E-state index in [1.165, 1.54) is 48.2 Å². The summed E-state index contributed by atoms with van der Waals surface area (Å²) in [7, 11) is 0. The van der Waals surface area contributed by atoms with Gasteiger partial charge in [0.15, 0.2) is 0 Å². The van der Waals surface area contributed by atoms with Crippen LogP contribution in [0.15, 0.2) is 48.5 Å². The molecule has 2 rings (SSSR count). The second kappa shape index (κ2) is 15.9. The highest BCUT2D eigenvalue weighted by Crippen LogP contribution is 2.14. The number of hydrogen-bond donors (Lipinski definition) is 8. The van der Waals surface area contributed by atoms with E-state index in [0.29, 0.717) is 23.3 Å². The SMILES string of the molecule is CSCCC(N)C(=O)NC(CS)C(=O)NC(Cc1ccc(O)cc1)C(=O)NC(Cc1ccc(O)cc1)C(=O)O. The molecule has 0 aromatic heterocycles. The average Bonchev–Trinajstić information content (AvgIpc) is 2.91. The summed E-state index contributed by atoms with van der Waals surface area (Å²) >= 11 is 5.69. The summed E-state index contributed by atoms with van der Waals surface area (Å²) in [5, 5.41) is 36.4. The first-order chi connectivity index (χ1) is 18.5. The summed E-state index contributed by atoms with van der Waals surface area (Å²) in [4.78, 5) is 50.7. The Morgan fingerprint density at radius 3 is 1.69 bits per heavy atom. The van der Waals surface area contributed by atoms with Crippen molar-refractivity contribution in [3.05, 3.63) is 59.7 Å². The summed E-state index contributed by atoms with van der Waals surface area (Å²) in [6.07, 6.45) is 2.21. The molecule has 2 aromatic rings. The molecule has 3 amide bonds. The van der Waals surface area contributed by atoms with E-state index >= 15 is 0 Å². The number of hydrogen-bond acceptors (Lipinski definition) is 9. The van der Waals surface area contributed by atoms with Crippen molar-refractivity contribution in [2.45, 2.75) is 43.4 Å². The minimum Gasteiger partial charge on any atom is -0.508 e. The van der Waals surface area contributed by atoms with Crippen molar-refractivity contribution < 1.29 is 34.5 Å². The second-order valence-electron chi connectivity index (χ2n) is 8.83. The topological polar surface area (TPSA) is 191 Å². The van der Waals surface area contributed by atoms with Crippen molar-refractivity contribution in [3.8, 4) is 11.5 Å². The Labute approximate surface area is 236 Å². The van der Waals surface area contributed by atoms with E-state index in [-0.39, 0.29) is 30.1 Å². The van der Waals surface area contributed by atoms with E-state index in [1.54, 1.807) is 12.1 Å². The van der Waals surface area contributed by atoms with Gasteiger partial charge in [0.1, 0.15) is 29.6 Å². The number of thioether (sulfide) groups is 1. The summed E-state index contributed by atoms with van der Waals surface area (Å²) in [5.74, 6) is -2.65. The minimum absolute atomic E-state index is 0.0132. The van der Waals surface area contributed by atoms with Crippen LogP contribution in [0.2, 0.25) is 0 Å². The van der Waals surface area contributed by atoms with Crippen molar-refractivity contribution in [2.24, 2.45) is 5.73 Å². The van der Waals surface area contributed by atoms with Crippen molar-refractivity contribution >= 4 is 48.1 Å². The highest BCUT2D eigenvalue weighted by Gasteiger charge is 2.30. The number of benzene rings is 2. The number of nitrogens with two attached hydrogens (primary N) is 1. The van der Waals surface area contributed by atoms with Gasteiger partial charge in [-0.05, 0) is 53.8 Å². The Kier molecular flexibility index (Phi) is 12.9. The van der Waals surface area contributed by atoms with Gasteiger partial charge in [-0.25, -0.2) is 4.79 Å². The van der Waals surface area contributed by atoms with Crippen LogP contribution in [0, 0.1) is 0 Å². The zero-order valence-electron chi connectivity index (χ0n) is 21.4. The monoisotopic (exact) mass is 578 g/mol. The average molecular weight is 579 g/mol. The fourth-order valence-corrected chi connectivity index (χ4v) is 4.28. The van der Waals surface area contributed by atoms with E-state index in [2.05, 4.69) is 28.6 Å². The van der Waals surface area contributed by atoms with E-state index in [1.807, 2.05) is 6.26 Å². The molecule has 212 valence electrons. The molecular formula is C26H34N4O7S2. The highest BCUT2D eigenvalue weighted by atomic mass is 32.2. The van der Waals surface area contributed by atoms with Gasteiger partial charge in [-0.2, -0.15) is 24.4 Å². The summed E-state index contributed by atoms with van der Waals surface area (Å²) < 4.78 is 0. The first kappa shape index (κ1) is 31.8. The Balaban J connectivity index is 2.20. The molecule has 39 heavy (non-hydrogen) atoms. The molecule has 4 atom stereocenters. The molecule has 0 fully saturated rings. The summed E-state index contributed by atoms with van der Waals surface area (Å²) in [6.45, 7) is 0. The number of carbonyl (C=O) groups is 4. The summed E-state index contributed by atoms with van der Waals surface area (Å²) in [6, 6.07) is 7.41. The molecule has 4 unspecified atom stereocenters. The lowest BCUT2D eigenvalue weighted by molar-refractivity contribution is -0.142. The molecule has 0 aliphatic heterocycles. The van der Waals surface area contributed by atoms with Gasteiger partial charge < -0.3 is 37.0 Å². The van der Waals surface area contributed by atoms with Gasteiger partial charge in [0.05, 0.1) is 6.04 Å². The molecule has 8 N–H and O–H groups in total. The number of carboxylic acids is 1. The van der Waals surface area contributed by atoms with Gasteiger partial charge >= 0.3 is 5.97 Å². The van der Waals surface area contributed by atoms with Gasteiger partial charge in [-0.3, -0.25) is 14.4 Å². The molecule has 0 bridgehead atoms. The molecule has 0 aliphatic carbocycles. The molecule has 0 aliphatic rings. The molecule has 0 saturated heterocycles. The molecule has 13 heteroatoms. The van der Waals surface area contributed by atoms with E-state index < -0.39 is 47.9 Å². The van der Waals surface area contributed by atoms with Crippen molar-refractivity contribution in [3.63, 3.8) is 0 Å². The lowest BCUT2D eigenvalue weighted by Gasteiger charge is -2.25. The van der Waals surface area contributed by atoms with E-state index in [0.717, 1.165) is 0 Å². The number of amides is 3. The first-order valence-corrected chi connectivity index (χ1v) is 14.1. The zero-order valence-corrected chi connectivity index (χ0v) is 23.1. The molecule has 2 aromatic carbocycles. The number of nitrogens with one attached hydrogen (secondary N) is 3. The fourth-order valence-electron chi connectivity index (χ4n) is 3.54. The van der Waals surface area contributed by atoms with Gasteiger partial charge in [-0.1, -0.05) is 24.3 Å². The molecule has 0 saturated carbocycles. The lowest BCUT2D eigenvalue weighted by Crippen LogP contribution is -2.58. The lowest BCUT2D eigenvalue weighted by atomic mass is 10.0. The number of phenolic OH excluding ortho intramolecular Hbond substituents is 2. The molecule has 0 spiro atoms. The Morgan fingerprint density at radius 2 is 1.23 bits per heavy atom. The number of aliphatic carboxylic acids is 1. The maximum Gasteiger partial charge on any atom is 0.326 e. The third kappa shape index (κ3) is 10.7. The quantitative estimate of drug-likeness (QED) is 0.139. The van der Waals surface area contributed by atoms with Crippen molar-refractivity contribution in [1.29, 1.82) is 0 Å². The maximum atomic E-state index is 13.3. The molecule has 11 nitrogen and oxygen atoms in total. The zero-order chi connectivity index (χ0) is 28.9. The predicted molar refractivity (Wildman–Crippen MR) is 152 cm³/mol. The van der Waals surface area contributed by atoms with Crippen LogP contribution in [0.3, 0.4) is 0 Å². The number of thiol groups is 1. The van der Waals surface area contributed by atoms with Crippen LogP contribution in [0.1, 0.15) is 17.5 Å². The number of carbonyl (C=O) groups excluding carboxylic acids is 3. The number of aromatic hydroxyl groups is 2. The van der Waals surface area contributed by atoms with Crippen LogP contribution in [0.5, 0.6) is 11.5 Å². The largest absolute Gasteiger partial charge is 0.508 e. The van der Waals surface area contributed by atoms with Gasteiger partial charge in [0.2, 0.25) is 17.7 Å². The third-order valence-corrected chi connectivity index (χ3v) is 6.79. The molecular weight excluding hydrogens is 544 g/mol. The van der Waals surface area contributed by atoms with Crippen LogP contribution in [-0.2, 0) is 32.0 Å². The number of phenols is 2. The maximum absolute atomic E-state index is 13.3. The molecule has 0 radical (unpaired) electrons.